The van der Waals surface area contributed by atoms with Gasteiger partial charge in [-0.05, 0) is 57.2 Å². The highest BCUT2D eigenvalue weighted by molar-refractivity contribution is 4.56. The smallest absolute Gasteiger partial charge is 0.00488 e. The van der Waals surface area contributed by atoms with Crippen molar-refractivity contribution in [2.24, 2.45) is 17.6 Å². The lowest BCUT2D eigenvalue weighted by Gasteiger charge is -2.10. The summed E-state index contributed by atoms with van der Waals surface area (Å²) >= 11 is 0. The maximum absolute atomic E-state index is 5.52. The Morgan fingerprint density at radius 2 is 1.56 bits per heavy atom. The average molecular weight is 228 g/mol. The van der Waals surface area contributed by atoms with Crippen LogP contribution in [-0.2, 0) is 0 Å². The van der Waals surface area contributed by atoms with E-state index in [4.69, 9.17) is 5.73 Å². The van der Waals surface area contributed by atoms with E-state index in [0.717, 1.165) is 18.4 Å². The van der Waals surface area contributed by atoms with Crippen molar-refractivity contribution in [1.82, 2.24) is 5.32 Å². The molecule has 0 aromatic carbocycles. The Kier molecular flexibility index (Phi) is 11.3. The summed E-state index contributed by atoms with van der Waals surface area (Å²) in [7, 11) is 0. The number of rotatable bonds is 11. The van der Waals surface area contributed by atoms with Crippen LogP contribution in [0.5, 0.6) is 0 Å². The fourth-order valence-electron chi connectivity index (χ4n) is 1.93. The largest absolute Gasteiger partial charge is 0.330 e. The van der Waals surface area contributed by atoms with Gasteiger partial charge in [0.05, 0.1) is 0 Å². The highest BCUT2D eigenvalue weighted by Crippen LogP contribution is 2.08. The molecule has 0 saturated carbocycles. The topological polar surface area (TPSA) is 38.0 Å². The molecular formula is C14H32N2. The monoisotopic (exact) mass is 228 g/mol. The van der Waals surface area contributed by atoms with Crippen LogP contribution < -0.4 is 11.1 Å². The Labute approximate surface area is 102 Å². The standard InChI is InChI=1S/C14H32N2/c1-13(2)7-4-5-11-16-12-6-8-14(3)9-10-15/h13-14,16H,4-12,15H2,1-3H3. The lowest BCUT2D eigenvalue weighted by atomic mass is 10.0. The first-order valence-electron chi connectivity index (χ1n) is 7.07. The predicted octanol–water partition coefficient (Wildman–Crippen LogP) is 3.17. The van der Waals surface area contributed by atoms with Crippen LogP contribution in [0.15, 0.2) is 0 Å². The van der Waals surface area contributed by atoms with Gasteiger partial charge in [0, 0.05) is 0 Å². The van der Waals surface area contributed by atoms with E-state index < -0.39 is 0 Å². The van der Waals surface area contributed by atoms with E-state index in [-0.39, 0.29) is 0 Å². The molecule has 0 radical (unpaired) electrons. The minimum atomic E-state index is 0.799. The molecule has 0 aliphatic carbocycles. The third-order valence-corrected chi connectivity index (χ3v) is 3.09. The highest BCUT2D eigenvalue weighted by Gasteiger charge is 1.99. The Morgan fingerprint density at radius 3 is 2.19 bits per heavy atom. The zero-order valence-corrected chi connectivity index (χ0v) is 11.6. The Balaban J connectivity index is 3.04. The Hall–Kier alpha value is -0.0800. The molecule has 3 N–H and O–H groups in total. The third-order valence-electron chi connectivity index (χ3n) is 3.09. The summed E-state index contributed by atoms with van der Waals surface area (Å²) < 4.78 is 0. The Bertz CT molecular complexity index is 135. The molecule has 2 heteroatoms. The summed E-state index contributed by atoms with van der Waals surface area (Å²) in [6.07, 6.45) is 7.86. The molecule has 0 aromatic rings. The molecule has 16 heavy (non-hydrogen) atoms. The first-order chi connectivity index (χ1) is 7.66. The van der Waals surface area contributed by atoms with E-state index >= 15 is 0 Å². The zero-order valence-electron chi connectivity index (χ0n) is 11.6. The molecule has 0 saturated heterocycles. The lowest BCUT2D eigenvalue weighted by Crippen LogP contribution is -2.17. The molecule has 0 aliphatic heterocycles. The summed E-state index contributed by atoms with van der Waals surface area (Å²) in [4.78, 5) is 0. The number of hydrogen-bond donors (Lipinski definition) is 2. The van der Waals surface area contributed by atoms with Crippen molar-refractivity contribution in [2.45, 2.75) is 59.3 Å². The van der Waals surface area contributed by atoms with Crippen molar-refractivity contribution in [3.05, 3.63) is 0 Å². The van der Waals surface area contributed by atoms with E-state index in [1.54, 1.807) is 0 Å². The van der Waals surface area contributed by atoms with Crippen LogP contribution in [0, 0.1) is 11.8 Å². The SMILES string of the molecule is CC(C)CCCCNCCCC(C)CCN. The summed E-state index contributed by atoms with van der Waals surface area (Å²) in [6.45, 7) is 10.1. The van der Waals surface area contributed by atoms with Gasteiger partial charge >= 0.3 is 0 Å². The van der Waals surface area contributed by atoms with Gasteiger partial charge in [-0.2, -0.15) is 0 Å². The summed E-state index contributed by atoms with van der Waals surface area (Å²) in [5, 5.41) is 3.53. The van der Waals surface area contributed by atoms with Gasteiger partial charge in [0.2, 0.25) is 0 Å². The predicted molar refractivity (Wildman–Crippen MR) is 73.6 cm³/mol. The van der Waals surface area contributed by atoms with E-state index in [9.17, 15) is 0 Å². The Morgan fingerprint density at radius 1 is 0.875 bits per heavy atom. The van der Waals surface area contributed by atoms with Gasteiger partial charge < -0.3 is 11.1 Å². The second-order valence-electron chi connectivity index (χ2n) is 5.46. The summed E-state index contributed by atoms with van der Waals surface area (Å²) in [5.41, 5.74) is 5.52. The molecule has 0 aliphatic rings. The number of nitrogens with one attached hydrogen (secondary N) is 1. The van der Waals surface area contributed by atoms with Crippen LogP contribution in [0.3, 0.4) is 0 Å². The van der Waals surface area contributed by atoms with Gasteiger partial charge in [0.1, 0.15) is 0 Å². The maximum atomic E-state index is 5.52. The molecular weight excluding hydrogens is 196 g/mol. The van der Waals surface area contributed by atoms with Gasteiger partial charge in [-0.25, -0.2) is 0 Å². The molecule has 0 fully saturated rings. The van der Waals surface area contributed by atoms with Gasteiger partial charge in [0.15, 0.2) is 0 Å². The molecule has 2 nitrogen and oxygen atoms in total. The van der Waals surface area contributed by atoms with E-state index in [1.165, 1.54) is 51.6 Å². The molecule has 0 heterocycles. The van der Waals surface area contributed by atoms with Crippen molar-refractivity contribution in [2.75, 3.05) is 19.6 Å². The van der Waals surface area contributed by atoms with Gasteiger partial charge in [-0.15, -0.1) is 0 Å². The maximum Gasteiger partial charge on any atom is -0.00488 e. The molecule has 1 atom stereocenters. The van der Waals surface area contributed by atoms with Gasteiger partial charge in [-0.1, -0.05) is 33.6 Å². The van der Waals surface area contributed by atoms with Gasteiger partial charge in [0.25, 0.3) is 0 Å². The first-order valence-corrected chi connectivity index (χ1v) is 7.07. The highest BCUT2D eigenvalue weighted by atomic mass is 14.8. The van der Waals surface area contributed by atoms with Crippen LogP contribution in [-0.4, -0.2) is 19.6 Å². The second kappa shape index (κ2) is 11.4. The minimum Gasteiger partial charge on any atom is -0.330 e. The molecule has 0 bridgehead atoms. The van der Waals surface area contributed by atoms with Crippen LogP contribution in [0.2, 0.25) is 0 Å². The normalized spacial score (nSPS) is 13.3. The van der Waals surface area contributed by atoms with Crippen LogP contribution in [0.1, 0.15) is 59.3 Å². The van der Waals surface area contributed by atoms with Crippen molar-refractivity contribution in [1.29, 1.82) is 0 Å². The first kappa shape index (κ1) is 15.9. The summed E-state index contributed by atoms with van der Waals surface area (Å²) in [5.74, 6) is 1.66. The van der Waals surface area contributed by atoms with Crippen LogP contribution in [0.4, 0.5) is 0 Å². The van der Waals surface area contributed by atoms with Gasteiger partial charge in [-0.3, -0.25) is 0 Å². The number of hydrogen-bond acceptors (Lipinski definition) is 2. The van der Waals surface area contributed by atoms with Crippen LogP contribution in [0.25, 0.3) is 0 Å². The number of nitrogens with two attached hydrogens (primary N) is 1. The zero-order chi connectivity index (χ0) is 12.2. The summed E-state index contributed by atoms with van der Waals surface area (Å²) in [6, 6.07) is 0. The average Bonchev–Trinajstić information content (AvgIpc) is 2.22. The molecule has 0 aromatic heterocycles. The fraction of sp³-hybridized carbons (Fsp3) is 1.00. The third kappa shape index (κ3) is 12.0. The quantitative estimate of drug-likeness (QED) is 0.533. The molecule has 1 unspecified atom stereocenters. The minimum absolute atomic E-state index is 0.799. The van der Waals surface area contributed by atoms with Crippen molar-refractivity contribution in [3.63, 3.8) is 0 Å². The van der Waals surface area contributed by atoms with E-state index in [1.807, 2.05) is 0 Å². The molecule has 0 amide bonds. The fourth-order valence-corrected chi connectivity index (χ4v) is 1.93. The van der Waals surface area contributed by atoms with Crippen molar-refractivity contribution < 1.29 is 0 Å². The van der Waals surface area contributed by atoms with Crippen molar-refractivity contribution in [3.8, 4) is 0 Å². The molecule has 98 valence electrons. The number of unbranched alkanes of at least 4 members (excludes halogenated alkanes) is 1. The van der Waals surface area contributed by atoms with Crippen molar-refractivity contribution >= 4 is 0 Å². The molecule has 0 spiro atoms. The van der Waals surface area contributed by atoms with E-state index in [2.05, 4.69) is 26.1 Å². The lowest BCUT2D eigenvalue weighted by molar-refractivity contribution is 0.462. The van der Waals surface area contributed by atoms with Crippen LogP contribution >= 0.6 is 0 Å². The van der Waals surface area contributed by atoms with E-state index in [0.29, 0.717) is 0 Å². The second-order valence-corrected chi connectivity index (χ2v) is 5.46. The molecule has 0 rings (SSSR count).